The summed E-state index contributed by atoms with van der Waals surface area (Å²) < 4.78 is 2.15. The number of aromatic nitrogens is 2. The van der Waals surface area contributed by atoms with Crippen LogP contribution in [0.1, 0.15) is 25.7 Å². The van der Waals surface area contributed by atoms with E-state index in [-0.39, 0.29) is 6.04 Å². The van der Waals surface area contributed by atoms with Gasteiger partial charge in [-0.1, -0.05) is 23.2 Å². The second-order valence-corrected chi connectivity index (χ2v) is 4.79. The third-order valence-electron chi connectivity index (χ3n) is 2.96. The number of imidazole rings is 1. The maximum absolute atomic E-state index is 6.05. The molecule has 0 radical (unpaired) electrons. The topological polar surface area (TPSA) is 29.9 Å². The number of hydrogen-bond acceptors (Lipinski definition) is 2. The Morgan fingerprint density at radius 2 is 2.00 bits per heavy atom. The van der Waals surface area contributed by atoms with Gasteiger partial charge in [0.25, 0.3) is 0 Å². The van der Waals surface area contributed by atoms with E-state index < -0.39 is 0 Å². The highest BCUT2D eigenvalue weighted by atomic mass is 35.5. The van der Waals surface area contributed by atoms with E-state index in [1.54, 1.807) is 0 Å². The van der Waals surface area contributed by atoms with E-state index in [1.807, 2.05) is 19.2 Å². The lowest BCUT2D eigenvalue weighted by molar-refractivity contribution is 0.570. The largest absolute Gasteiger partial charge is 0.327 e. The summed E-state index contributed by atoms with van der Waals surface area (Å²) in [6.45, 7) is 5.03. The molecule has 1 aromatic heterocycles. The van der Waals surface area contributed by atoms with Gasteiger partial charge in [-0.25, -0.2) is 4.98 Å². The minimum absolute atomic E-state index is 0.194. The SMILES string of the molecule is CCn1c(C(C)NC)nc2cc(Cl)c(Cl)cc21. The first-order chi connectivity index (χ1) is 8.08. The van der Waals surface area contributed by atoms with Gasteiger partial charge in [0.15, 0.2) is 0 Å². The Balaban J connectivity index is 2.71. The van der Waals surface area contributed by atoms with E-state index in [0.29, 0.717) is 10.0 Å². The van der Waals surface area contributed by atoms with Crippen LogP contribution < -0.4 is 5.32 Å². The van der Waals surface area contributed by atoms with Crippen LogP contribution in [-0.4, -0.2) is 16.6 Å². The first-order valence-corrected chi connectivity index (χ1v) is 6.36. The first-order valence-electron chi connectivity index (χ1n) is 5.61. The number of aryl methyl sites for hydroxylation is 1. The van der Waals surface area contributed by atoms with Crippen molar-refractivity contribution in [2.45, 2.75) is 26.4 Å². The van der Waals surface area contributed by atoms with Gasteiger partial charge in [-0.2, -0.15) is 0 Å². The highest BCUT2D eigenvalue weighted by Crippen LogP contribution is 2.29. The molecule has 92 valence electrons. The fourth-order valence-corrected chi connectivity index (χ4v) is 2.25. The van der Waals surface area contributed by atoms with Crippen molar-refractivity contribution in [1.29, 1.82) is 0 Å². The molecule has 3 nitrogen and oxygen atoms in total. The van der Waals surface area contributed by atoms with Gasteiger partial charge in [0.05, 0.1) is 27.1 Å². The summed E-state index contributed by atoms with van der Waals surface area (Å²) in [5.74, 6) is 1.00. The molecule has 2 rings (SSSR count). The number of fused-ring (bicyclic) bond motifs is 1. The van der Waals surface area contributed by atoms with Crippen molar-refractivity contribution in [3.05, 3.63) is 28.0 Å². The lowest BCUT2D eigenvalue weighted by Crippen LogP contribution is -2.17. The lowest BCUT2D eigenvalue weighted by atomic mass is 10.3. The number of benzene rings is 1. The predicted octanol–water partition coefficient (Wildman–Crippen LogP) is 3.64. The molecule has 17 heavy (non-hydrogen) atoms. The second-order valence-electron chi connectivity index (χ2n) is 3.98. The van der Waals surface area contributed by atoms with Crippen LogP contribution in [0.2, 0.25) is 10.0 Å². The molecule has 0 saturated heterocycles. The molecule has 0 amide bonds. The molecule has 0 saturated carbocycles. The molecule has 1 heterocycles. The predicted molar refractivity (Wildman–Crippen MR) is 72.9 cm³/mol. The molecule has 0 spiro atoms. The highest BCUT2D eigenvalue weighted by Gasteiger charge is 2.15. The van der Waals surface area contributed by atoms with Gasteiger partial charge in [-0.05, 0) is 33.0 Å². The Hall–Kier alpha value is -0.770. The third kappa shape index (κ3) is 2.15. The van der Waals surface area contributed by atoms with Gasteiger partial charge >= 0.3 is 0 Å². The zero-order valence-electron chi connectivity index (χ0n) is 10.1. The third-order valence-corrected chi connectivity index (χ3v) is 3.68. The van der Waals surface area contributed by atoms with Crippen LogP contribution in [0.25, 0.3) is 11.0 Å². The van der Waals surface area contributed by atoms with Crippen LogP contribution in [0.15, 0.2) is 12.1 Å². The van der Waals surface area contributed by atoms with Gasteiger partial charge in [0.2, 0.25) is 0 Å². The molecular weight excluding hydrogens is 257 g/mol. The Morgan fingerprint density at radius 3 is 2.59 bits per heavy atom. The maximum Gasteiger partial charge on any atom is 0.126 e. The van der Waals surface area contributed by atoms with E-state index in [9.17, 15) is 0 Å². The molecule has 1 aromatic carbocycles. The van der Waals surface area contributed by atoms with Crippen molar-refractivity contribution in [3.8, 4) is 0 Å². The monoisotopic (exact) mass is 271 g/mol. The van der Waals surface area contributed by atoms with Crippen molar-refractivity contribution in [1.82, 2.24) is 14.9 Å². The first kappa shape index (κ1) is 12.7. The van der Waals surface area contributed by atoms with Gasteiger partial charge < -0.3 is 9.88 Å². The zero-order valence-corrected chi connectivity index (χ0v) is 11.6. The Kier molecular flexibility index (Phi) is 3.61. The molecule has 2 aromatic rings. The normalized spacial score (nSPS) is 13.2. The molecule has 1 atom stereocenters. The van der Waals surface area contributed by atoms with Crippen LogP contribution in [0, 0.1) is 0 Å². The number of nitrogens with one attached hydrogen (secondary N) is 1. The van der Waals surface area contributed by atoms with Crippen molar-refractivity contribution < 1.29 is 0 Å². The molecule has 0 fully saturated rings. The van der Waals surface area contributed by atoms with E-state index in [4.69, 9.17) is 23.2 Å². The number of hydrogen-bond donors (Lipinski definition) is 1. The van der Waals surface area contributed by atoms with Crippen molar-refractivity contribution in [2.24, 2.45) is 0 Å². The zero-order chi connectivity index (χ0) is 12.6. The molecule has 0 aliphatic rings. The molecule has 0 bridgehead atoms. The van der Waals surface area contributed by atoms with Crippen molar-refractivity contribution in [2.75, 3.05) is 7.05 Å². The number of nitrogens with zero attached hydrogens (tertiary/aromatic N) is 2. The summed E-state index contributed by atoms with van der Waals surface area (Å²) in [4.78, 5) is 4.61. The Labute approximate surface area is 111 Å². The molecule has 1 N–H and O–H groups in total. The van der Waals surface area contributed by atoms with Gasteiger partial charge in [0.1, 0.15) is 5.82 Å². The summed E-state index contributed by atoms with van der Waals surface area (Å²) in [6.07, 6.45) is 0. The maximum atomic E-state index is 6.05. The fourth-order valence-electron chi connectivity index (χ4n) is 1.93. The Morgan fingerprint density at radius 1 is 1.35 bits per heavy atom. The molecular formula is C12H15Cl2N3. The molecule has 1 unspecified atom stereocenters. The van der Waals surface area contributed by atoms with Gasteiger partial charge in [0, 0.05) is 6.54 Å². The average molecular weight is 272 g/mol. The molecule has 5 heteroatoms. The van der Waals surface area contributed by atoms with Crippen LogP contribution in [-0.2, 0) is 6.54 Å². The summed E-state index contributed by atoms with van der Waals surface area (Å²) in [5.41, 5.74) is 1.91. The standard InChI is InChI=1S/C12H15Cl2N3/c1-4-17-11-6-9(14)8(13)5-10(11)16-12(17)7(2)15-3/h5-7,15H,4H2,1-3H3. The molecule has 0 aliphatic carbocycles. The summed E-state index contributed by atoms with van der Waals surface area (Å²) in [5, 5.41) is 4.31. The van der Waals surface area contributed by atoms with E-state index in [1.165, 1.54) is 0 Å². The summed E-state index contributed by atoms with van der Waals surface area (Å²) in [7, 11) is 1.92. The van der Waals surface area contributed by atoms with Crippen LogP contribution in [0.5, 0.6) is 0 Å². The van der Waals surface area contributed by atoms with E-state index in [2.05, 4.69) is 28.7 Å². The van der Waals surface area contributed by atoms with Gasteiger partial charge in [-0.15, -0.1) is 0 Å². The smallest absolute Gasteiger partial charge is 0.126 e. The van der Waals surface area contributed by atoms with Crippen molar-refractivity contribution >= 4 is 34.2 Å². The quantitative estimate of drug-likeness (QED) is 0.924. The second kappa shape index (κ2) is 4.84. The summed E-state index contributed by atoms with van der Waals surface area (Å²) >= 11 is 12.1. The van der Waals surface area contributed by atoms with Crippen molar-refractivity contribution in [3.63, 3.8) is 0 Å². The van der Waals surface area contributed by atoms with Crippen LogP contribution >= 0.6 is 23.2 Å². The summed E-state index contributed by atoms with van der Waals surface area (Å²) in [6, 6.07) is 3.89. The number of halogens is 2. The minimum atomic E-state index is 0.194. The van der Waals surface area contributed by atoms with E-state index in [0.717, 1.165) is 23.4 Å². The highest BCUT2D eigenvalue weighted by molar-refractivity contribution is 6.42. The Bertz CT molecular complexity index is 548. The van der Waals surface area contributed by atoms with Gasteiger partial charge in [-0.3, -0.25) is 0 Å². The lowest BCUT2D eigenvalue weighted by Gasteiger charge is -2.12. The number of rotatable bonds is 3. The molecule has 0 aliphatic heterocycles. The fraction of sp³-hybridized carbons (Fsp3) is 0.417. The minimum Gasteiger partial charge on any atom is -0.327 e. The van der Waals surface area contributed by atoms with E-state index >= 15 is 0 Å². The average Bonchev–Trinajstić information content (AvgIpc) is 2.66. The van der Waals surface area contributed by atoms with Crippen LogP contribution in [0.3, 0.4) is 0 Å². The van der Waals surface area contributed by atoms with Crippen LogP contribution in [0.4, 0.5) is 0 Å².